The molecule has 3 atom stereocenters. The fraction of sp³-hybridized carbons (Fsp3) is 0.514. The van der Waals surface area contributed by atoms with Crippen molar-refractivity contribution in [3.8, 4) is 22.9 Å². The minimum atomic E-state index is -1.10. The van der Waals surface area contributed by atoms with Crippen molar-refractivity contribution in [2.45, 2.75) is 102 Å². The second kappa shape index (κ2) is 14.9. The van der Waals surface area contributed by atoms with Crippen LogP contribution < -0.4 is 25.8 Å². The zero-order chi connectivity index (χ0) is 35.6. The molecule has 1 saturated heterocycles. The van der Waals surface area contributed by atoms with E-state index in [1.807, 2.05) is 17.5 Å². The third-order valence-corrected chi connectivity index (χ3v) is 11.1. The number of rotatable bonds is 11. The Labute approximate surface area is 300 Å². The van der Waals surface area contributed by atoms with Crippen molar-refractivity contribution in [3.05, 3.63) is 41.3 Å². The van der Waals surface area contributed by atoms with E-state index in [1.54, 1.807) is 13.0 Å². The number of nitrogens with two attached hydrogens (primary N) is 1. The average Bonchev–Trinajstić information content (AvgIpc) is 3.94. The van der Waals surface area contributed by atoms with Gasteiger partial charge in [0.1, 0.15) is 41.5 Å². The number of primary amides is 1. The maximum Gasteiger partial charge on any atom is 0.408 e. The predicted molar refractivity (Wildman–Crippen MR) is 191 cm³/mol. The van der Waals surface area contributed by atoms with Crippen molar-refractivity contribution in [3.63, 3.8) is 0 Å². The highest BCUT2D eigenvalue weighted by molar-refractivity contribution is 7.14. The van der Waals surface area contributed by atoms with Gasteiger partial charge in [-0.1, -0.05) is 19.4 Å². The molecular formula is C37H44N6O7S. The topological polar surface area (TPSA) is 175 Å². The summed E-state index contributed by atoms with van der Waals surface area (Å²) < 4.78 is 18.0. The summed E-state index contributed by atoms with van der Waals surface area (Å²) in [7, 11) is 0. The Bertz CT molecular complexity index is 1850. The van der Waals surface area contributed by atoms with E-state index in [0.717, 1.165) is 55.2 Å². The van der Waals surface area contributed by atoms with Crippen LogP contribution in [0, 0.1) is 5.92 Å². The molecule has 4 N–H and O–H groups in total. The summed E-state index contributed by atoms with van der Waals surface area (Å²) in [6.45, 7) is 6.15. The van der Waals surface area contributed by atoms with E-state index in [-0.39, 0.29) is 25.0 Å². The summed E-state index contributed by atoms with van der Waals surface area (Å²) in [6, 6.07) is 3.51. The Kier molecular flexibility index (Phi) is 10.1. The fourth-order valence-electron chi connectivity index (χ4n) is 7.71. The zero-order valence-corrected chi connectivity index (χ0v) is 29.6. The van der Waals surface area contributed by atoms with E-state index in [1.165, 1.54) is 29.1 Å². The SMILES string of the molecule is C=C(C)[C@H](NC(=O)OC1CCCC1)C(=O)N1C[C@H](Oc2cc(-c3csc(NC(=O)CC4CCCC4)n3)nc3c4c(ccc23)OCC4)C[C@H]1C(N)=O. The van der Waals surface area contributed by atoms with Gasteiger partial charge in [-0.2, -0.15) is 0 Å². The highest BCUT2D eigenvalue weighted by Gasteiger charge is 2.43. The molecule has 2 aliphatic carbocycles. The summed E-state index contributed by atoms with van der Waals surface area (Å²) in [5.41, 5.74) is 9.01. The van der Waals surface area contributed by atoms with E-state index < -0.39 is 36.1 Å². The molecule has 2 saturated carbocycles. The lowest BCUT2D eigenvalue weighted by molar-refractivity contribution is -0.138. The van der Waals surface area contributed by atoms with Crippen molar-refractivity contribution in [1.29, 1.82) is 0 Å². The summed E-state index contributed by atoms with van der Waals surface area (Å²) in [4.78, 5) is 63.1. The monoisotopic (exact) mass is 716 g/mol. The van der Waals surface area contributed by atoms with Crippen LogP contribution in [0.5, 0.6) is 11.5 Å². The molecule has 2 aromatic heterocycles. The molecule has 0 radical (unpaired) electrons. The normalized spacial score (nSPS) is 20.9. The Morgan fingerprint density at radius 3 is 2.59 bits per heavy atom. The molecule has 14 heteroatoms. The van der Waals surface area contributed by atoms with Crippen molar-refractivity contribution < 1.29 is 33.4 Å². The zero-order valence-electron chi connectivity index (χ0n) is 28.8. The minimum Gasteiger partial charge on any atom is -0.493 e. The molecule has 2 aliphatic heterocycles. The molecule has 51 heavy (non-hydrogen) atoms. The predicted octanol–water partition coefficient (Wildman–Crippen LogP) is 5.26. The van der Waals surface area contributed by atoms with E-state index in [4.69, 9.17) is 29.9 Å². The number of nitrogens with one attached hydrogen (secondary N) is 2. The van der Waals surface area contributed by atoms with Gasteiger partial charge in [-0.15, -0.1) is 11.3 Å². The number of nitrogens with zero attached hydrogens (tertiary/aromatic N) is 3. The summed E-state index contributed by atoms with van der Waals surface area (Å²) >= 11 is 1.33. The number of carbonyl (C=O) groups is 4. The largest absolute Gasteiger partial charge is 0.493 e. The molecule has 0 bridgehead atoms. The number of hydrogen-bond donors (Lipinski definition) is 3. The van der Waals surface area contributed by atoms with Gasteiger partial charge in [-0.3, -0.25) is 14.4 Å². The highest BCUT2D eigenvalue weighted by Crippen LogP contribution is 2.39. The van der Waals surface area contributed by atoms with E-state index in [9.17, 15) is 19.2 Å². The van der Waals surface area contributed by atoms with Crippen molar-refractivity contribution in [2.24, 2.45) is 11.7 Å². The summed E-state index contributed by atoms with van der Waals surface area (Å²) in [5.74, 6) is 0.457. The fourth-order valence-corrected chi connectivity index (χ4v) is 8.43. The molecular weight excluding hydrogens is 673 g/mol. The van der Waals surface area contributed by atoms with Crippen LogP contribution in [0.15, 0.2) is 35.7 Å². The van der Waals surface area contributed by atoms with Gasteiger partial charge in [0.25, 0.3) is 0 Å². The molecule has 4 heterocycles. The maximum atomic E-state index is 13.9. The van der Waals surface area contributed by atoms with Crippen LogP contribution in [0.2, 0.25) is 0 Å². The van der Waals surface area contributed by atoms with E-state index in [0.29, 0.717) is 58.7 Å². The first-order chi connectivity index (χ1) is 24.6. The molecule has 4 aliphatic rings. The van der Waals surface area contributed by atoms with Crippen LogP contribution in [-0.4, -0.2) is 76.1 Å². The molecule has 270 valence electrons. The van der Waals surface area contributed by atoms with Gasteiger partial charge in [0.15, 0.2) is 5.13 Å². The summed E-state index contributed by atoms with van der Waals surface area (Å²) in [5, 5.41) is 8.71. The number of pyridine rings is 1. The smallest absolute Gasteiger partial charge is 0.408 e. The van der Waals surface area contributed by atoms with Gasteiger partial charge >= 0.3 is 6.09 Å². The number of fused-ring (bicyclic) bond motifs is 3. The molecule has 3 fully saturated rings. The molecule has 13 nitrogen and oxygen atoms in total. The molecule has 4 amide bonds. The first kappa shape index (κ1) is 34.7. The summed E-state index contributed by atoms with van der Waals surface area (Å²) in [6.07, 6.45) is 7.91. The first-order valence-electron chi connectivity index (χ1n) is 17.9. The Morgan fingerprint density at radius 2 is 1.84 bits per heavy atom. The number of likely N-dealkylation sites (tertiary alicyclic amines) is 1. The Morgan fingerprint density at radius 1 is 1.08 bits per heavy atom. The van der Waals surface area contributed by atoms with Crippen molar-refractivity contribution in [2.75, 3.05) is 18.5 Å². The second-order valence-electron chi connectivity index (χ2n) is 14.1. The Balaban J connectivity index is 1.12. The number of thiazole rings is 1. The Hall–Kier alpha value is -4.72. The molecule has 1 aromatic carbocycles. The van der Waals surface area contributed by atoms with Gasteiger partial charge in [0, 0.05) is 41.7 Å². The number of amides is 4. The number of aromatic nitrogens is 2. The average molecular weight is 717 g/mol. The van der Waals surface area contributed by atoms with Crippen LogP contribution in [0.4, 0.5) is 9.93 Å². The van der Waals surface area contributed by atoms with Gasteiger partial charge in [-0.05, 0) is 69.1 Å². The van der Waals surface area contributed by atoms with Crippen LogP contribution in [-0.2, 0) is 25.5 Å². The maximum absolute atomic E-state index is 13.9. The molecule has 0 spiro atoms. The third-order valence-electron chi connectivity index (χ3n) is 10.3. The molecule has 3 aromatic rings. The highest BCUT2D eigenvalue weighted by atomic mass is 32.1. The van der Waals surface area contributed by atoms with Gasteiger partial charge in [-0.25, -0.2) is 14.8 Å². The number of anilines is 1. The lowest BCUT2D eigenvalue weighted by atomic mass is 10.0. The van der Waals surface area contributed by atoms with Crippen molar-refractivity contribution in [1.82, 2.24) is 20.2 Å². The van der Waals surface area contributed by atoms with Gasteiger partial charge in [0.05, 0.1) is 24.4 Å². The molecule has 7 rings (SSSR count). The number of alkyl carbamates (subject to hydrolysis) is 1. The number of ether oxygens (including phenoxy) is 3. The van der Waals surface area contributed by atoms with E-state index >= 15 is 0 Å². The lowest BCUT2D eigenvalue weighted by Crippen LogP contribution is -2.53. The quantitative estimate of drug-likeness (QED) is 0.224. The lowest BCUT2D eigenvalue weighted by Gasteiger charge is -2.28. The minimum absolute atomic E-state index is 0.0348. The van der Waals surface area contributed by atoms with Crippen molar-refractivity contribution >= 4 is 51.2 Å². The third kappa shape index (κ3) is 7.65. The van der Waals surface area contributed by atoms with Crippen LogP contribution >= 0.6 is 11.3 Å². The van der Waals surface area contributed by atoms with Crippen LogP contribution in [0.1, 0.15) is 76.7 Å². The number of benzene rings is 1. The van der Waals surface area contributed by atoms with Crippen LogP contribution in [0.3, 0.4) is 0 Å². The molecule has 0 unspecified atom stereocenters. The van der Waals surface area contributed by atoms with E-state index in [2.05, 4.69) is 17.2 Å². The standard InChI is InChI=1S/C37H44N6O7S/c1-20(2)32(42-37(47)50-22-9-5-6-10-22)35(46)43-18-23(16-28(43)34(38)45)49-30-17-26(39-33-24(30)11-12-29-25(33)13-14-48-29)27-19-51-36(40-27)41-31(44)15-21-7-3-4-8-21/h11-12,17,19,21-23,28,32H,1,3-10,13-16,18H2,2H3,(H2,38,45)(H,42,47)(H,40,41,44)/t23-,28+,32+/m1/s1. The second-order valence-corrected chi connectivity index (χ2v) is 15.0. The number of carbonyl (C=O) groups excluding carboxylic acids is 4. The first-order valence-corrected chi connectivity index (χ1v) is 18.7. The van der Waals surface area contributed by atoms with Crippen LogP contribution in [0.25, 0.3) is 22.3 Å². The van der Waals surface area contributed by atoms with Gasteiger partial charge < -0.3 is 35.5 Å². The number of hydrogen-bond acceptors (Lipinski definition) is 10. The van der Waals surface area contributed by atoms with Gasteiger partial charge in [0.2, 0.25) is 17.7 Å².